The molecule has 2 heterocycles. The van der Waals surface area contributed by atoms with Gasteiger partial charge in [0.15, 0.2) is 0 Å². The van der Waals surface area contributed by atoms with E-state index in [4.69, 9.17) is 5.73 Å². The minimum Gasteiger partial charge on any atom is -0.329 e. The van der Waals surface area contributed by atoms with Gasteiger partial charge in [0.2, 0.25) is 0 Å². The smallest absolute Gasteiger partial charge is 0.0335 e. The molecular formula is C9H18N2. The van der Waals surface area contributed by atoms with Crippen LogP contribution < -0.4 is 5.73 Å². The quantitative estimate of drug-likeness (QED) is 0.609. The highest BCUT2D eigenvalue weighted by molar-refractivity contribution is 5.03. The molecule has 0 amide bonds. The van der Waals surface area contributed by atoms with Gasteiger partial charge >= 0.3 is 0 Å². The standard InChI is InChI=1S/C9H18N2/c1-8-3-5-9(7-10)4-2-6-11(8)9/h8H,2-7,10H2,1H3/t8-,9-/m1/s1. The molecule has 2 aliphatic heterocycles. The van der Waals surface area contributed by atoms with Crippen molar-refractivity contribution in [3.63, 3.8) is 0 Å². The molecular weight excluding hydrogens is 136 g/mol. The summed E-state index contributed by atoms with van der Waals surface area (Å²) in [6, 6.07) is 0.793. The van der Waals surface area contributed by atoms with E-state index in [0.29, 0.717) is 5.54 Å². The van der Waals surface area contributed by atoms with E-state index in [9.17, 15) is 0 Å². The van der Waals surface area contributed by atoms with Gasteiger partial charge in [-0.3, -0.25) is 4.90 Å². The fraction of sp³-hybridized carbons (Fsp3) is 1.00. The number of hydrogen-bond donors (Lipinski definition) is 1. The molecule has 11 heavy (non-hydrogen) atoms. The highest BCUT2D eigenvalue weighted by Crippen LogP contribution is 2.41. The van der Waals surface area contributed by atoms with Crippen LogP contribution in [-0.2, 0) is 0 Å². The molecule has 0 aliphatic carbocycles. The van der Waals surface area contributed by atoms with Gasteiger partial charge in [0.25, 0.3) is 0 Å². The first kappa shape index (κ1) is 7.56. The zero-order valence-corrected chi connectivity index (χ0v) is 7.34. The number of fused-ring (bicyclic) bond motifs is 1. The molecule has 0 aromatic rings. The molecule has 2 rings (SSSR count). The predicted octanol–water partition coefficient (Wildman–Crippen LogP) is 0.962. The molecule has 0 radical (unpaired) electrons. The van der Waals surface area contributed by atoms with Crippen molar-refractivity contribution in [2.45, 2.75) is 44.2 Å². The van der Waals surface area contributed by atoms with Gasteiger partial charge in [0.05, 0.1) is 0 Å². The molecule has 0 saturated carbocycles. The molecule has 0 aromatic heterocycles. The third-order valence-corrected chi connectivity index (χ3v) is 3.59. The van der Waals surface area contributed by atoms with Crippen molar-refractivity contribution in [1.29, 1.82) is 0 Å². The lowest BCUT2D eigenvalue weighted by atomic mass is 9.94. The Balaban J connectivity index is 2.18. The van der Waals surface area contributed by atoms with Crippen LogP contribution in [-0.4, -0.2) is 29.6 Å². The highest BCUT2D eigenvalue weighted by atomic mass is 15.3. The molecule has 2 fully saturated rings. The normalized spacial score (nSPS) is 44.7. The van der Waals surface area contributed by atoms with Gasteiger partial charge in [-0.15, -0.1) is 0 Å². The van der Waals surface area contributed by atoms with E-state index < -0.39 is 0 Å². The molecule has 64 valence electrons. The van der Waals surface area contributed by atoms with E-state index in [1.807, 2.05) is 0 Å². The lowest BCUT2D eigenvalue weighted by molar-refractivity contribution is 0.165. The molecule has 2 heteroatoms. The Bertz CT molecular complexity index is 158. The summed E-state index contributed by atoms with van der Waals surface area (Å²) in [7, 11) is 0. The molecule has 2 nitrogen and oxygen atoms in total. The maximum Gasteiger partial charge on any atom is 0.0335 e. The number of nitrogens with two attached hydrogens (primary N) is 1. The summed E-state index contributed by atoms with van der Waals surface area (Å²) in [4.78, 5) is 2.63. The van der Waals surface area contributed by atoms with Crippen LogP contribution in [0.15, 0.2) is 0 Å². The van der Waals surface area contributed by atoms with Gasteiger partial charge < -0.3 is 5.73 Å². The van der Waals surface area contributed by atoms with Crippen LogP contribution in [0.1, 0.15) is 32.6 Å². The van der Waals surface area contributed by atoms with Crippen molar-refractivity contribution in [3.05, 3.63) is 0 Å². The van der Waals surface area contributed by atoms with Gasteiger partial charge in [-0.05, 0) is 39.2 Å². The summed E-state index contributed by atoms with van der Waals surface area (Å²) in [6.07, 6.45) is 5.40. The SMILES string of the molecule is C[C@@H]1CC[C@@]2(CN)CCCN12. The Morgan fingerprint density at radius 1 is 1.55 bits per heavy atom. The molecule has 0 aromatic carbocycles. The van der Waals surface area contributed by atoms with Crippen molar-refractivity contribution in [2.75, 3.05) is 13.1 Å². The maximum atomic E-state index is 5.83. The Morgan fingerprint density at radius 3 is 3.00 bits per heavy atom. The second kappa shape index (κ2) is 2.46. The third-order valence-electron chi connectivity index (χ3n) is 3.59. The third kappa shape index (κ3) is 0.926. The van der Waals surface area contributed by atoms with E-state index in [-0.39, 0.29) is 0 Å². The largest absolute Gasteiger partial charge is 0.329 e. The number of rotatable bonds is 1. The van der Waals surface area contributed by atoms with E-state index in [1.54, 1.807) is 0 Å². The van der Waals surface area contributed by atoms with Gasteiger partial charge in [-0.2, -0.15) is 0 Å². The van der Waals surface area contributed by atoms with Crippen molar-refractivity contribution >= 4 is 0 Å². The Hall–Kier alpha value is -0.0800. The average molecular weight is 154 g/mol. The van der Waals surface area contributed by atoms with Gasteiger partial charge in [0, 0.05) is 18.1 Å². The molecule has 0 unspecified atom stereocenters. The molecule has 2 saturated heterocycles. The summed E-state index contributed by atoms with van der Waals surface area (Å²) in [5.74, 6) is 0. The van der Waals surface area contributed by atoms with Crippen LogP contribution >= 0.6 is 0 Å². The molecule has 2 N–H and O–H groups in total. The van der Waals surface area contributed by atoms with Gasteiger partial charge in [0.1, 0.15) is 0 Å². The van der Waals surface area contributed by atoms with Crippen LogP contribution in [0.25, 0.3) is 0 Å². The second-order valence-corrected chi connectivity index (χ2v) is 4.11. The van der Waals surface area contributed by atoms with Crippen LogP contribution in [0.5, 0.6) is 0 Å². The van der Waals surface area contributed by atoms with Crippen molar-refractivity contribution in [1.82, 2.24) is 4.90 Å². The van der Waals surface area contributed by atoms with E-state index in [0.717, 1.165) is 12.6 Å². The lowest BCUT2D eigenvalue weighted by Crippen LogP contribution is -2.46. The summed E-state index contributed by atoms with van der Waals surface area (Å²) < 4.78 is 0. The zero-order valence-electron chi connectivity index (χ0n) is 7.34. The summed E-state index contributed by atoms with van der Waals surface area (Å²) >= 11 is 0. The Morgan fingerprint density at radius 2 is 2.36 bits per heavy atom. The summed E-state index contributed by atoms with van der Waals surface area (Å²) in [5.41, 5.74) is 6.26. The minimum atomic E-state index is 0.430. The van der Waals surface area contributed by atoms with E-state index >= 15 is 0 Å². The van der Waals surface area contributed by atoms with Crippen LogP contribution in [0.3, 0.4) is 0 Å². The monoisotopic (exact) mass is 154 g/mol. The highest BCUT2D eigenvalue weighted by Gasteiger charge is 2.46. The Kier molecular flexibility index (Phi) is 1.69. The first-order valence-electron chi connectivity index (χ1n) is 4.75. The van der Waals surface area contributed by atoms with Crippen molar-refractivity contribution in [2.24, 2.45) is 5.73 Å². The number of hydrogen-bond acceptors (Lipinski definition) is 2. The fourth-order valence-electron chi connectivity index (χ4n) is 2.87. The maximum absolute atomic E-state index is 5.83. The first-order valence-corrected chi connectivity index (χ1v) is 4.75. The van der Waals surface area contributed by atoms with Crippen molar-refractivity contribution in [3.8, 4) is 0 Å². The molecule has 2 atom stereocenters. The van der Waals surface area contributed by atoms with Gasteiger partial charge in [-0.25, -0.2) is 0 Å². The van der Waals surface area contributed by atoms with Crippen LogP contribution in [0.2, 0.25) is 0 Å². The van der Waals surface area contributed by atoms with E-state index in [1.165, 1.54) is 32.2 Å². The predicted molar refractivity (Wildman–Crippen MR) is 46.4 cm³/mol. The topological polar surface area (TPSA) is 29.3 Å². The fourth-order valence-corrected chi connectivity index (χ4v) is 2.87. The number of nitrogens with zero attached hydrogens (tertiary/aromatic N) is 1. The van der Waals surface area contributed by atoms with Crippen LogP contribution in [0.4, 0.5) is 0 Å². The molecule has 0 bridgehead atoms. The van der Waals surface area contributed by atoms with Crippen molar-refractivity contribution < 1.29 is 0 Å². The Labute approximate surface area is 68.7 Å². The van der Waals surface area contributed by atoms with E-state index in [2.05, 4.69) is 11.8 Å². The molecule has 2 aliphatic rings. The van der Waals surface area contributed by atoms with Gasteiger partial charge in [-0.1, -0.05) is 0 Å². The lowest BCUT2D eigenvalue weighted by Gasteiger charge is -2.32. The average Bonchev–Trinajstić information content (AvgIpc) is 2.53. The summed E-state index contributed by atoms with van der Waals surface area (Å²) in [5, 5.41) is 0. The minimum absolute atomic E-state index is 0.430. The first-order chi connectivity index (χ1) is 5.28. The van der Waals surface area contributed by atoms with Crippen LogP contribution in [0, 0.1) is 0 Å². The summed E-state index contributed by atoms with van der Waals surface area (Å²) in [6.45, 7) is 4.50. The second-order valence-electron chi connectivity index (χ2n) is 4.11. The molecule has 0 spiro atoms. The zero-order chi connectivity index (χ0) is 7.90.